The molecule has 0 saturated heterocycles. The Labute approximate surface area is 132 Å². The Hall–Kier alpha value is -2.31. The minimum absolute atomic E-state index is 0.240. The lowest BCUT2D eigenvalue weighted by molar-refractivity contribution is 0.0360. The number of hydrogen-bond donors (Lipinski definition) is 3. The molecule has 0 aromatic heterocycles. The lowest BCUT2D eigenvalue weighted by atomic mass is 10.0. The number of nitrogens with one attached hydrogen (secondary N) is 1. The Morgan fingerprint density at radius 3 is 2.36 bits per heavy atom. The van der Waals surface area contributed by atoms with Gasteiger partial charge in [-0.3, -0.25) is 4.79 Å². The number of aliphatic imine (C=N–C) groups is 1. The summed E-state index contributed by atoms with van der Waals surface area (Å²) in [4.78, 5) is 16.4. The summed E-state index contributed by atoms with van der Waals surface area (Å²) in [5, 5.41) is 13.2. The molecule has 112 valence electrons. The molecule has 2 atom stereocenters. The molecule has 2 aromatic carbocycles. The molecular weight excluding hydrogens is 298 g/mol. The molecule has 4 N–H and O–H groups in total. The lowest BCUT2D eigenvalue weighted by Gasteiger charge is -2.27. The molecule has 1 aliphatic rings. The smallest absolute Gasteiger partial charge is 0.252 e. The Morgan fingerprint density at radius 2 is 1.73 bits per heavy atom. The maximum atomic E-state index is 12.3. The van der Waals surface area contributed by atoms with Gasteiger partial charge >= 0.3 is 0 Å². The van der Waals surface area contributed by atoms with Crippen LogP contribution < -0.4 is 11.1 Å². The van der Waals surface area contributed by atoms with Gasteiger partial charge in [-0.05, 0) is 12.1 Å². The van der Waals surface area contributed by atoms with Crippen LogP contribution in [0.4, 0.5) is 0 Å². The van der Waals surface area contributed by atoms with E-state index >= 15 is 0 Å². The highest BCUT2D eigenvalue weighted by atomic mass is 32.2. The summed E-state index contributed by atoms with van der Waals surface area (Å²) in [7, 11) is 0. The van der Waals surface area contributed by atoms with Crippen LogP contribution in [0.3, 0.4) is 0 Å². The van der Waals surface area contributed by atoms with Gasteiger partial charge in [-0.2, -0.15) is 0 Å². The summed E-state index contributed by atoms with van der Waals surface area (Å²) < 4.78 is 0. The van der Waals surface area contributed by atoms with Gasteiger partial charge < -0.3 is 16.2 Å². The van der Waals surface area contributed by atoms with Crippen molar-refractivity contribution in [2.24, 2.45) is 10.7 Å². The largest absolute Gasteiger partial charge is 0.378 e. The van der Waals surface area contributed by atoms with E-state index in [9.17, 15) is 9.90 Å². The molecule has 0 fully saturated rings. The molecule has 0 radical (unpaired) electrons. The van der Waals surface area contributed by atoms with Gasteiger partial charge in [-0.25, -0.2) is 4.99 Å². The molecule has 2 aromatic rings. The van der Waals surface area contributed by atoms with Crippen molar-refractivity contribution >= 4 is 22.8 Å². The fourth-order valence-electron chi connectivity index (χ4n) is 2.28. The summed E-state index contributed by atoms with van der Waals surface area (Å²) >= 11 is 1.14. The summed E-state index contributed by atoms with van der Waals surface area (Å²) in [6.45, 7) is 0. The topological polar surface area (TPSA) is 87.7 Å². The third kappa shape index (κ3) is 2.70. The molecule has 0 spiro atoms. The van der Waals surface area contributed by atoms with E-state index < -0.39 is 11.1 Å². The van der Waals surface area contributed by atoms with Crippen molar-refractivity contribution in [3.05, 3.63) is 71.8 Å². The number of nitrogens with two attached hydrogens (primary N) is 1. The fourth-order valence-corrected chi connectivity index (χ4v) is 3.23. The van der Waals surface area contributed by atoms with Crippen molar-refractivity contribution in [1.82, 2.24) is 5.32 Å². The third-order valence-corrected chi connectivity index (χ3v) is 4.40. The zero-order valence-corrected chi connectivity index (χ0v) is 12.5. The van der Waals surface area contributed by atoms with Crippen LogP contribution in [0.25, 0.3) is 0 Å². The molecule has 1 amide bonds. The van der Waals surface area contributed by atoms with E-state index in [0.29, 0.717) is 11.1 Å². The molecule has 6 heteroatoms. The number of aliphatic hydroxyl groups is 1. The number of amidine groups is 1. The zero-order chi connectivity index (χ0) is 15.6. The average Bonchev–Trinajstić information content (AvgIpc) is 2.84. The minimum atomic E-state index is -1.57. The number of benzene rings is 2. The summed E-state index contributed by atoms with van der Waals surface area (Å²) in [5.74, 6) is -0.280. The van der Waals surface area contributed by atoms with E-state index in [0.717, 1.165) is 11.8 Å². The molecule has 0 saturated carbocycles. The quantitative estimate of drug-likeness (QED) is 0.804. The molecule has 22 heavy (non-hydrogen) atoms. The van der Waals surface area contributed by atoms with Gasteiger partial charge in [0.25, 0.3) is 5.91 Å². The summed E-state index contributed by atoms with van der Waals surface area (Å²) in [6, 6.07) is 17.8. The third-order valence-electron chi connectivity index (χ3n) is 3.38. The van der Waals surface area contributed by atoms with Crippen LogP contribution >= 0.6 is 11.8 Å². The molecule has 5 nitrogen and oxygen atoms in total. The summed E-state index contributed by atoms with van der Waals surface area (Å²) in [5.41, 5.74) is 5.29. The summed E-state index contributed by atoms with van der Waals surface area (Å²) in [6.07, 6.45) is 0. The molecule has 0 aliphatic carbocycles. The highest BCUT2D eigenvalue weighted by Gasteiger charge is 2.45. The zero-order valence-electron chi connectivity index (χ0n) is 11.6. The second kappa shape index (κ2) is 5.82. The number of carbonyl (C=O) groups is 1. The van der Waals surface area contributed by atoms with Gasteiger partial charge in [0.1, 0.15) is 5.37 Å². The first kappa shape index (κ1) is 14.6. The van der Waals surface area contributed by atoms with E-state index in [1.54, 1.807) is 48.5 Å². The molecule has 0 bridgehead atoms. The van der Waals surface area contributed by atoms with Gasteiger partial charge in [-0.15, -0.1) is 0 Å². The molecular formula is C16H15N3O2S. The molecule has 1 aliphatic heterocycles. The maximum Gasteiger partial charge on any atom is 0.252 e. The maximum absolute atomic E-state index is 12.3. The number of rotatable bonds is 3. The molecule has 3 rings (SSSR count). The van der Waals surface area contributed by atoms with Crippen molar-refractivity contribution in [2.75, 3.05) is 0 Å². The van der Waals surface area contributed by atoms with E-state index in [-0.39, 0.29) is 11.1 Å². The van der Waals surface area contributed by atoms with Gasteiger partial charge in [0.2, 0.25) is 5.72 Å². The normalized spacial score (nSPS) is 23.9. The first-order valence-electron chi connectivity index (χ1n) is 6.75. The van der Waals surface area contributed by atoms with Crippen LogP contribution in [0.5, 0.6) is 0 Å². The monoisotopic (exact) mass is 313 g/mol. The van der Waals surface area contributed by atoms with Crippen molar-refractivity contribution in [3.8, 4) is 0 Å². The minimum Gasteiger partial charge on any atom is -0.378 e. The Balaban J connectivity index is 1.86. The second-order valence-electron chi connectivity index (χ2n) is 4.88. The van der Waals surface area contributed by atoms with E-state index in [4.69, 9.17) is 5.73 Å². The highest BCUT2D eigenvalue weighted by Crippen LogP contribution is 2.38. The Kier molecular flexibility index (Phi) is 3.87. The van der Waals surface area contributed by atoms with Gasteiger partial charge in [0.05, 0.1) is 0 Å². The van der Waals surface area contributed by atoms with E-state index in [2.05, 4.69) is 10.3 Å². The highest BCUT2D eigenvalue weighted by molar-refractivity contribution is 8.14. The van der Waals surface area contributed by atoms with Crippen LogP contribution in [-0.2, 0) is 5.72 Å². The Bertz CT molecular complexity index is 706. The van der Waals surface area contributed by atoms with Crippen molar-refractivity contribution in [3.63, 3.8) is 0 Å². The fraction of sp³-hybridized carbons (Fsp3) is 0.125. The number of nitrogens with zero attached hydrogens (tertiary/aromatic N) is 1. The second-order valence-corrected chi connectivity index (χ2v) is 6.00. The SMILES string of the molecule is NC1=N[C@@](O)(c2ccccc2)[C@H](NC(=O)c2ccccc2)S1. The van der Waals surface area contributed by atoms with Gasteiger partial charge in [-0.1, -0.05) is 60.3 Å². The number of hydrogen-bond acceptors (Lipinski definition) is 5. The van der Waals surface area contributed by atoms with Crippen molar-refractivity contribution in [1.29, 1.82) is 0 Å². The number of amides is 1. The van der Waals surface area contributed by atoms with Crippen LogP contribution in [0.2, 0.25) is 0 Å². The molecule has 0 unspecified atom stereocenters. The predicted octanol–water partition coefficient (Wildman–Crippen LogP) is 1.65. The van der Waals surface area contributed by atoms with E-state index in [1.165, 1.54) is 0 Å². The van der Waals surface area contributed by atoms with E-state index in [1.807, 2.05) is 12.1 Å². The molecule has 1 heterocycles. The number of thioether (sulfide) groups is 1. The average molecular weight is 313 g/mol. The predicted molar refractivity (Wildman–Crippen MR) is 87.2 cm³/mol. The van der Waals surface area contributed by atoms with Crippen LogP contribution in [0, 0.1) is 0 Å². The van der Waals surface area contributed by atoms with Crippen molar-refractivity contribution < 1.29 is 9.90 Å². The van der Waals surface area contributed by atoms with Crippen molar-refractivity contribution in [2.45, 2.75) is 11.1 Å². The van der Waals surface area contributed by atoms with Crippen LogP contribution in [-0.4, -0.2) is 21.6 Å². The first-order chi connectivity index (χ1) is 10.6. The van der Waals surface area contributed by atoms with Gasteiger partial charge in [0.15, 0.2) is 5.17 Å². The van der Waals surface area contributed by atoms with Crippen LogP contribution in [0.1, 0.15) is 15.9 Å². The first-order valence-corrected chi connectivity index (χ1v) is 7.63. The lowest BCUT2D eigenvalue weighted by Crippen LogP contribution is -2.45. The standard InChI is InChI=1S/C16H15N3O2S/c17-15-19-16(21,12-9-5-2-6-10-12)14(22-15)18-13(20)11-7-3-1-4-8-11/h1-10,14,21H,(H2,17,19)(H,18,20)/t14-,16-/m1/s1. The Morgan fingerprint density at radius 1 is 1.14 bits per heavy atom. The number of carbonyl (C=O) groups excluding carboxylic acids is 1. The van der Waals surface area contributed by atoms with Crippen LogP contribution in [0.15, 0.2) is 65.7 Å². The van der Waals surface area contributed by atoms with Gasteiger partial charge in [0, 0.05) is 11.1 Å².